The number of alkyl halides is 3. The molecule has 3 aromatic rings. The number of aromatic nitrogens is 1. The van der Waals surface area contributed by atoms with Gasteiger partial charge in [0.25, 0.3) is 5.91 Å². The topological polar surface area (TPSA) is 161 Å². The number of halogens is 3. The number of esters is 1. The van der Waals surface area contributed by atoms with E-state index in [2.05, 4.69) is 25.9 Å². The average Bonchev–Trinajstić information content (AvgIpc) is 2.91. The fourth-order valence-corrected chi connectivity index (χ4v) is 3.58. The summed E-state index contributed by atoms with van der Waals surface area (Å²) in [4.78, 5) is 29.1. The zero-order valence-electron chi connectivity index (χ0n) is 23.2. The number of nitrogens with two attached hydrogens (primary N) is 1. The third kappa shape index (κ3) is 8.74. The molecule has 11 nitrogen and oxygen atoms in total. The molecule has 1 aromatic heterocycles. The van der Waals surface area contributed by atoms with Crippen molar-refractivity contribution in [3.8, 4) is 17.2 Å². The number of anilines is 2. The second kappa shape index (κ2) is 13.6. The zero-order chi connectivity index (χ0) is 31.0. The zero-order valence-corrected chi connectivity index (χ0v) is 23.2. The standard InChI is InChI=1S/C28H31F3N6O5/c1-15(2)40-20-11-8-17(13-22(20)41-16(3)4)24(26(38)37-36-23-7-5-6-12-34-23)35-18-9-10-19(25(32)33)21(14-18)42-27(39)28(29,30)31/h5-16,24,35H,1-4H3,(H3,32,33)(H,34,36)(H,37,38). The van der Waals surface area contributed by atoms with Gasteiger partial charge in [0.15, 0.2) is 11.5 Å². The van der Waals surface area contributed by atoms with Crippen LogP contribution in [-0.4, -0.2) is 41.1 Å². The summed E-state index contributed by atoms with van der Waals surface area (Å²) >= 11 is 0. The molecule has 0 radical (unpaired) electrons. The first-order valence-corrected chi connectivity index (χ1v) is 12.7. The summed E-state index contributed by atoms with van der Waals surface area (Å²) in [6, 6.07) is 12.3. The maximum atomic E-state index is 13.5. The van der Waals surface area contributed by atoms with Crippen LogP contribution in [0.15, 0.2) is 60.8 Å². The highest BCUT2D eigenvalue weighted by atomic mass is 19.4. The number of amidine groups is 1. The molecule has 0 spiro atoms. The van der Waals surface area contributed by atoms with E-state index in [0.29, 0.717) is 22.9 Å². The van der Waals surface area contributed by atoms with E-state index >= 15 is 0 Å². The Morgan fingerprint density at radius 3 is 2.21 bits per heavy atom. The summed E-state index contributed by atoms with van der Waals surface area (Å²) in [5.41, 5.74) is 10.9. The number of nitrogen functional groups attached to an aromatic ring is 1. The van der Waals surface area contributed by atoms with Crippen molar-refractivity contribution in [1.82, 2.24) is 10.4 Å². The quantitative estimate of drug-likeness (QED) is 0.0664. The molecular formula is C28H31F3N6O5. The first kappa shape index (κ1) is 31.5. The highest BCUT2D eigenvalue weighted by Crippen LogP contribution is 2.34. The van der Waals surface area contributed by atoms with E-state index < -0.39 is 35.7 Å². The van der Waals surface area contributed by atoms with E-state index in [1.807, 2.05) is 27.7 Å². The number of nitrogens with zero attached hydrogens (tertiary/aromatic N) is 1. The lowest BCUT2D eigenvalue weighted by Gasteiger charge is -2.23. The third-order valence-electron chi connectivity index (χ3n) is 5.28. The van der Waals surface area contributed by atoms with Crippen molar-refractivity contribution in [2.45, 2.75) is 52.1 Å². The lowest BCUT2D eigenvalue weighted by Crippen LogP contribution is -2.37. The molecular weight excluding hydrogens is 557 g/mol. The van der Waals surface area contributed by atoms with Gasteiger partial charge in [-0.2, -0.15) is 13.2 Å². The number of benzene rings is 2. The van der Waals surface area contributed by atoms with Crippen molar-refractivity contribution >= 4 is 29.2 Å². The first-order valence-electron chi connectivity index (χ1n) is 12.7. The number of carbonyl (C=O) groups excluding carboxylic acids is 2. The van der Waals surface area contributed by atoms with Gasteiger partial charge in [0.2, 0.25) is 0 Å². The molecule has 1 unspecified atom stereocenters. The van der Waals surface area contributed by atoms with Crippen LogP contribution in [0.4, 0.5) is 24.7 Å². The van der Waals surface area contributed by atoms with E-state index in [1.165, 1.54) is 18.3 Å². The summed E-state index contributed by atoms with van der Waals surface area (Å²) in [6.07, 6.45) is -4.16. The lowest BCUT2D eigenvalue weighted by atomic mass is 10.0. The van der Waals surface area contributed by atoms with Crippen molar-refractivity contribution in [3.63, 3.8) is 0 Å². The molecule has 6 N–H and O–H groups in total. The predicted octanol–water partition coefficient (Wildman–Crippen LogP) is 4.70. The molecule has 42 heavy (non-hydrogen) atoms. The number of nitrogens with one attached hydrogen (secondary N) is 4. The number of ether oxygens (including phenoxy) is 3. The highest BCUT2D eigenvalue weighted by molar-refractivity contribution is 5.99. The number of hydrazine groups is 1. The molecule has 224 valence electrons. The number of amides is 1. The van der Waals surface area contributed by atoms with Gasteiger partial charge in [-0.05, 0) is 69.7 Å². The number of carbonyl (C=O) groups is 2. The number of rotatable bonds is 12. The van der Waals surface area contributed by atoms with Crippen LogP contribution in [-0.2, 0) is 9.59 Å². The Balaban J connectivity index is 2.03. The van der Waals surface area contributed by atoms with E-state index in [1.54, 1.807) is 36.4 Å². The Labute approximate surface area is 240 Å². The fraction of sp³-hybridized carbons (Fsp3) is 0.286. The molecule has 14 heteroatoms. The number of pyridine rings is 1. The molecule has 0 aliphatic heterocycles. The molecule has 0 saturated heterocycles. The van der Waals surface area contributed by atoms with E-state index in [4.69, 9.17) is 20.6 Å². The molecule has 0 fully saturated rings. The van der Waals surface area contributed by atoms with Crippen LogP contribution in [0.1, 0.15) is 44.9 Å². The lowest BCUT2D eigenvalue weighted by molar-refractivity contribution is -0.189. The first-order chi connectivity index (χ1) is 19.7. The maximum absolute atomic E-state index is 13.5. The van der Waals surface area contributed by atoms with Crippen LogP contribution in [0.2, 0.25) is 0 Å². The minimum Gasteiger partial charge on any atom is -0.487 e. The average molecular weight is 589 g/mol. The second-order valence-electron chi connectivity index (χ2n) is 9.46. The van der Waals surface area contributed by atoms with E-state index in [9.17, 15) is 22.8 Å². The Kier molecular flexibility index (Phi) is 10.2. The highest BCUT2D eigenvalue weighted by Gasteiger charge is 2.42. The Hall–Kier alpha value is -5.01. The van der Waals surface area contributed by atoms with Crippen molar-refractivity contribution in [2.75, 3.05) is 10.7 Å². The third-order valence-corrected chi connectivity index (χ3v) is 5.28. The van der Waals surface area contributed by atoms with Crippen molar-refractivity contribution in [2.24, 2.45) is 5.73 Å². The minimum absolute atomic E-state index is 0.0804. The summed E-state index contributed by atoms with van der Waals surface area (Å²) in [6.45, 7) is 7.35. The number of hydrogen-bond acceptors (Lipinski definition) is 9. The Morgan fingerprint density at radius 1 is 0.929 bits per heavy atom. The molecule has 1 heterocycles. The van der Waals surface area contributed by atoms with E-state index in [0.717, 1.165) is 6.07 Å². The van der Waals surface area contributed by atoms with Gasteiger partial charge in [-0.1, -0.05) is 12.1 Å². The second-order valence-corrected chi connectivity index (χ2v) is 9.46. The van der Waals surface area contributed by atoms with Crippen molar-refractivity contribution < 1.29 is 37.0 Å². The Morgan fingerprint density at radius 2 is 1.62 bits per heavy atom. The van der Waals surface area contributed by atoms with Gasteiger partial charge >= 0.3 is 12.1 Å². The van der Waals surface area contributed by atoms with Gasteiger partial charge < -0.3 is 25.3 Å². The van der Waals surface area contributed by atoms with Crippen LogP contribution in [0.5, 0.6) is 17.2 Å². The summed E-state index contributed by atoms with van der Waals surface area (Å²) in [7, 11) is 0. The Bertz CT molecular complexity index is 1420. The van der Waals surface area contributed by atoms with Gasteiger partial charge in [-0.15, -0.1) is 0 Å². The van der Waals surface area contributed by atoms with Crippen molar-refractivity contribution in [1.29, 1.82) is 5.41 Å². The van der Waals surface area contributed by atoms with Crippen LogP contribution in [0, 0.1) is 5.41 Å². The molecule has 0 bridgehead atoms. The SMILES string of the molecule is CC(C)Oc1ccc(C(Nc2ccc(C(=N)N)c(OC(=O)C(F)(F)F)c2)C(=O)NNc2ccccn2)cc1OC(C)C. The maximum Gasteiger partial charge on any atom is 0.491 e. The van der Waals surface area contributed by atoms with Crippen LogP contribution in [0.25, 0.3) is 0 Å². The van der Waals surface area contributed by atoms with Gasteiger partial charge in [0, 0.05) is 18.0 Å². The van der Waals surface area contributed by atoms with Gasteiger partial charge in [-0.3, -0.25) is 21.1 Å². The van der Waals surface area contributed by atoms with Crippen molar-refractivity contribution in [3.05, 3.63) is 71.9 Å². The molecule has 1 atom stereocenters. The summed E-state index contributed by atoms with van der Waals surface area (Å²) in [5, 5.41) is 10.6. The van der Waals surface area contributed by atoms with Crippen LogP contribution < -0.4 is 36.1 Å². The van der Waals surface area contributed by atoms with Crippen LogP contribution in [0.3, 0.4) is 0 Å². The van der Waals surface area contributed by atoms with Crippen LogP contribution >= 0.6 is 0 Å². The largest absolute Gasteiger partial charge is 0.491 e. The predicted molar refractivity (Wildman–Crippen MR) is 149 cm³/mol. The normalized spacial score (nSPS) is 11.9. The van der Waals surface area contributed by atoms with Gasteiger partial charge in [0.1, 0.15) is 23.4 Å². The molecule has 3 rings (SSSR count). The molecule has 2 aromatic carbocycles. The fourth-order valence-electron chi connectivity index (χ4n) is 3.58. The molecule has 0 saturated carbocycles. The summed E-state index contributed by atoms with van der Waals surface area (Å²) < 4.78 is 55.0. The van der Waals surface area contributed by atoms with E-state index in [-0.39, 0.29) is 23.5 Å². The summed E-state index contributed by atoms with van der Waals surface area (Å²) in [5.74, 6) is -3.20. The van der Waals surface area contributed by atoms with Gasteiger partial charge in [0.05, 0.1) is 17.8 Å². The molecule has 0 aliphatic rings. The number of hydrogen-bond donors (Lipinski definition) is 5. The smallest absolute Gasteiger partial charge is 0.487 e. The van der Waals surface area contributed by atoms with Gasteiger partial charge in [-0.25, -0.2) is 9.78 Å². The minimum atomic E-state index is -5.29. The molecule has 1 amide bonds. The molecule has 0 aliphatic carbocycles. The monoisotopic (exact) mass is 588 g/mol.